The number of ether oxygens (including phenoxy) is 1. The molecule has 1 heterocycles. The fraction of sp³-hybridized carbons (Fsp3) is 0.267. The van der Waals surface area contributed by atoms with Gasteiger partial charge in [0.15, 0.2) is 0 Å². The van der Waals surface area contributed by atoms with Crippen LogP contribution in [0.15, 0.2) is 42.6 Å². The van der Waals surface area contributed by atoms with Gasteiger partial charge in [-0.2, -0.15) is 8.78 Å². The van der Waals surface area contributed by atoms with E-state index in [4.69, 9.17) is 11.6 Å². The quantitative estimate of drug-likeness (QED) is 0.868. The van der Waals surface area contributed by atoms with Gasteiger partial charge in [-0.3, -0.25) is 4.98 Å². The van der Waals surface area contributed by atoms with Gasteiger partial charge in [-0.05, 0) is 37.3 Å². The third kappa shape index (κ3) is 4.65. The molecule has 6 heteroatoms. The Kier molecular flexibility index (Phi) is 5.47. The first-order valence-electron chi connectivity index (χ1n) is 6.44. The Morgan fingerprint density at radius 2 is 2.10 bits per heavy atom. The van der Waals surface area contributed by atoms with E-state index in [2.05, 4.69) is 15.0 Å². The van der Waals surface area contributed by atoms with Crippen LogP contribution in [0.4, 0.5) is 8.78 Å². The van der Waals surface area contributed by atoms with E-state index in [-0.39, 0.29) is 11.8 Å². The lowest BCUT2D eigenvalue weighted by Crippen LogP contribution is -2.19. The van der Waals surface area contributed by atoms with Gasteiger partial charge < -0.3 is 10.1 Å². The van der Waals surface area contributed by atoms with E-state index in [0.29, 0.717) is 17.1 Å². The van der Waals surface area contributed by atoms with E-state index >= 15 is 0 Å². The first kappa shape index (κ1) is 15.7. The largest absolute Gasteiger partial charge is 0.434 e. The number of pyridine rings is 1. The summed E-state index contributed by atoms with van der Waals surface area (Å²) in [6, 6.07) is 10.2. The summed E-state index contributed by atoms with van der Waals surface area (Å²) in [5, 5.41) is 3.68. The van der Waals surface area contributed by atoms with Gasteiger partial charge in [0.05, 0.1) is 5.69 Å². The van der Waals surface area contributed by atoms with Gasteiger partial charge in [0.2, 0.25) is 0 Å². The van der Waals surface area contributed by atoms with Crippen LogP contribution in [0.3, 0.4) is 0 Å². The molecule has 2 rings (SSSR count). The Hall–Kier alpha value is -1.72. The summed E-state index contributed by atoms with van der Waals surface area (Å²) in [5.41, 5.74) is 1.45. The molecule has 21 heavy (non-hydrogen) atoms. The number of nitrogens with zero attached hydrogens (tertiary/aromatic N) is 1. The van der Waals surface area contributed by atoms with Gasteiger partial charge in [0.1, 0.15) is 5.75 Å². The Morgan fingerprint density at radius 3 is 2.76 bits per heavy atom. The predicted octanol–water partition coefficient (Wildman–Crippen LogP) is 4.19. The lowest BCUT2D eigenvalue weighted by atomic mass is 10.1. The van der Waals surface area contributed by atoms with Crippen molar-refractivity contribution >= 4 is 11.6 Å². The average Bonchev–Trinajstić information content (AvgIpc) is 2.47. The minimum Gasteiger partial charge on any atom is -0.434 e. The van der Waals surface area contributed by atoms with Crippen molar-refractivity contribution in [3.05, 3.63) is 58.9 Å². The molecule has 0 saturated heterocycles. The third-order valence-corrected chi connectivity index (χ3v) is 3.20. The summed E-state index contributed by atoms with van der Waals surface area (Å²) in [4.78, 5) is 4.24. The van der Waals surface area contributed by atoms with E-state index in [9.17, 15) is 8.78 Å². The zero-order valence-electron chi connectivity index (χ0n) is 11.4. The smallest absolute Gasteiger partial charge is 0.387 e. The molecule has 1 N–H and O–H groups in total. The molecule has 3 nitrogen and oxygen atoms in total. The van der Waals surface area contributed by atoms with Crippen molar-refractivity contribution in [1.29, 1.82) is 0 Å². The van der Waals surface area contributed by atoms with Crippen molar-refractivity contribution in [2.24, 2.45) is 0 Å². The van der Waals surface area contributed by atoms with Crippen molar-refractivity contribution in [3.63, 3.8) is 0 Å². The molecule has 0 unspecified atom stereocenters. The lowest BCUT2D eigenvalue weighted by molar-refractivity contribution is -0.0505. The Morgan fingerprint density at radius 1 is 1.29 bits per heavy atom. The highest BCUT2D eigenvalue weighted by atomic mass is 35.5. The van der Waals surface area contributed by atoms with Gasteiger partial charge in [0, 0.05) is 29.4 Å². The van der Waals surface area contributed by atoms with Crippen LogP contribution in [0.2, 0.25) is 5.02 Å². The first-order valence-corrected chi connectivity index (χ1v) is 6.81. The van der Waals surface area contributed by atoms with Gasteiger partial charge in [-0.1, -0.05) is 17.7 Å². The zero-order chi connectivity index (χ0) is 15.2. The second-order valence-corrected chi connectivity index (χ2v) is 4.92. The number of benzene rings is 1. The number of halogens is 3. The van der Waals surface area contributed by atoms with Crippen LogP contribution in [-0.4, -0.2) is 11.6 Å². The van der Waals surface area contributed by atoms with Gasteiger partial charge in [-0.25, -0.2) is 0 Å². The topological polar surface area (TPSA) is 34.1 Å². The van der Waals surface area contributed by atoms with Crippen LogP contribution in [0.5, 0.6) is 5.75 Å². The standard InChI is InChI=1S/C15H15ClF2N2O/c1-10(13-4-2-3-7-19-13)20-9-11-8-12(16)5-6-14(11)21-15(17)18/h2-8,10,15,20H,9H2,1H3/t10-/m1/s1. The zero-order valence-corrected chi connectivity index (χ0v) is 12.1. The summed E-state index contributed by atoms with van der Waals surface area (Å²) in [5.74, 6) is 0.120. The van der Waals surface area contributed by atoms with E-state index in [1.165, 1.54) is 12.1 Å². The number of hydrogen-bond donors (Lipinski definition) is 1. The number of aromatic nitrogens is 1. The predicted molar refractivity (Wildman–Crippen MR) is 77.6 cm³/mol. The first-order chi connectivity index (χ1) is 10.1. The molecule has 1 aromatic carbocycles. The summed E-state index contributed by atoms with van der Waals surface area (Å²) in [6.45, 7) is -0.570. The molecular formula is C15H15ClF2N2O. The SMILES string of the molecule is C[C@@H](NCc1cc(Cl)ccc1OC(F)F)c1ccccn1. The molecule has 0 aliphatic carbocycles. The molecule has 2 aromatic rings. The maximum Gasteiger partial charge on any atom is 0.387 e. The van der Waals surface area contributed by atoms with Crippen LogP contribution in [0.1, 0.15) is 24.2 Å². The summed E-state index contributed by atoms with van der Waals surface area (Å²) >= 11 is 5.90. The molecule has 0 bridgehead atoms. The van der Waals surface area contributed by atoms with Crippen molar-refractivity contribution in [3.8, 4) is 5.75 Å². The summed E-state index contributed by atoms with van der Waals surface area (Å²) in [6.07, 6.45) is 1.71. The van der Waals surface area contributed by atoms with E-state index in [1.807, 2.05) is 25.1 Å². The molecule has 0 aliphatic heterocycles. The minimum atomic E-state index is -2.86. The molecular weight excluding hydrogens is 298 g/mol. The van der Waals surface area contributed by atoms with E-state index in [0.717, 1.165) is 5.69 Å². The molecule has 0 radical (unpaired) electrons. The highest BCUT2D eigenvalue weighted by Crippen LogP contribution is 2.25. The van der Waals surface area contributed by atoms with Crippen molar-refractivity contribution in [2.45, 2.75) is 26.1 Å². The lowest BCUT2D eigenvalue weighted by Gasteiger charge is -2.16. The van der Waals surface area contributed by atoms with E-state index < -0.39 is 6.61 Å². The molecule has 112 valence electrons. The Labute approximate surface area is 126 Å². The van der Waals surface area contributed by atoms with Crippen LogP contribution >= 0.6 is 11.6 Å². The number of hydrogen-bond acceptors (Lipinski definition) is 3. The van der Waals surface area contributed by atoms with Gasteiger partial charge >= 0.3 is 6.61 Å². The van der Waals surface area contributed by atoms with Crippen molar-refractivity contribution in [1.82, 2.24) is 10.3 Å². The molecule has 1 aromatic heterocycles. The molecule has 0 fully saturated rings. The fourth-order valence-corrected chi connectivity index (χ4v) is 2.09. The van der Waals surface area contributed by atoms with Crippen molar-refractivity contribution in [2.75, 3.05) is 0 Å². The molecule has 0 saturated carbocycles. The monoisotopic (exact) mass is 312 g/mol. The number of rotatable bonds is 6. The molecule has 0 spiro atoms. The molecule has 1 atom stereocenters. The maximum atomic E-state index is 12.4. The van der Waals surface area contributed by atoms with Crippen LogP contribution in [-0.2, 0) is 6.54 Å². The number of alkyl halides is 2. The summed E-state index contributed by atoms with van der Waals surface area (Å²) < 4.78 is 29.2. The molecule has 0 aliphatic rings. The fourth-order valence-electron chi connectivity index (χ4n) is 1.90. The van der Waals surface area contributed by atoms with Crippen LogP contribution in [0, 0.1) is 0 Å². The normalized spacial score (nSPS) is 12.4. The highest BCUT2D eigenvalue weighted by molar-refractivity contribution is 6.30. The minimum absolute atomic E-state index is 0.0235. The average molecular weight is 313 g/mol. The third-order valence-electron chi connectivity index (χ3n) is 2.97. The van der Waals surface area contributed by atoms with Crippen LogP contribution in [0.25, 0.3) is 0 Å². The van der Waals surface area contributed by atoms with E-state index in [1.54, 1.807) is 12.3 Å². The Bertz CT molecular complexity index is 581. The Balaban J connectivity index is 2.07. The second-order valence-electron chi connectivity index (χ2n) is 4.49. The molecule has 0 amide bonds. The van der Waals surface area contributed by atoms with Crippen LogP contribution < -0.4 is 10.1 Å². The number of nitrogens with one attached hydrogen (secondary N) is 1. The highest BCUT2D eigenvalue weighted by Gasteiger charge is 2.12. The second kappa shape index (κ2) is 7.33. The van der Waals surface area contributed by atoms with Gasteiger partial charge in [-0.15, -0.1) is 0 Å². The van der Waals surface area contributed by atoms with Crippen molar-refractivity contribution < 1.29 is 13.5 Å². The van der Waals surface area contributed by atoms with Gasteiger partial charge in [0.25, 0.3) is 0 Å². The maximum absolute atomic E-state index is 12.4. The summed E-state index contributed by atoms with van der Waals surface area (Å²) in [7, 11) is 0.